The maximum Gasteiger partial charge on any atom is 0.159 e. The van der Waals surface area contributed by atoms with Crippen molar-refractivity contribution in [2.24, 2.45) is 0 Å². The standard InChI is InChI=1S/C12H13N3OP2/c13-9-5-7(1-2-8(9)6-16)11-14-4-3-10(15-11)12(17)18/h1-6,12H,13,17-18H2. The number of carbonyl (C=O) groups excluding carboxylic acids is 1. The molecule has 0 radical (unpaired) electrons. The minimum Gasteiger partial charge on any atom is -0.398 e. The molecule has 0 fully saturated rings. The third-order valence-corrected chi connectivity index (χ3v) is 3.17. The predicted molar refractivity (Wildman–Crippen MR) is 79.4 cm³/mol. The molecule has 0 aliphatic carbocycles. The summed E-state index contributed by atoms with van der Waals surface area (Å²) in [5.74, 6) is 0.603. The van der Waals surface area contributed by atoms with Crippen LogP contribution in [0.4, 0.5) is 5.69 Å². The summed E-state index contributed by atoms with van der Waals surface area (Å²) in [5.41, 5.74) is 8.40. The van der Waals surface area contributed by atoms with Crippen LogP contribution < -0.4 is 5.73 Å². The van der Waals surface area contributed by atoms with Crippen molar-refractivity contribution in [3.05, 3.63) is 41.7 Å². The average molecular weight is 277 g/mol. The van der Waals surface area contributed by atoms with Crippen molar-refractivity contribution >= 4 is 30.5 Å². The number of carbonyl (C=O) groups is 1. The van der Waals surface area contributed by atoms with E-state index < -0.39 is 0 Å². The molecular formula is C12H13N3OP2. The van der Waals surface area contributed by atoms with Crippen LogP contribution in [0.2, 0.25) is 0 Å². The summed E-state index contributed by atoms with van der Waals surface area (Å²) in [6, 6.07) is 7.03. The Kier molecular flexibility index (Phi) is 4.00. The SMILES string of the molecule is Nc1cc(-c2nccc(C(P)P)n2)ccc1C=O. The molecule has 2 unspecified atom stereocenters. The molecule has 0 aliphatic heterocycles. The fourth-order valence-electron chi connectivity index (χ4n) is 1.52. The van der Waals surface area contributed by atoms with Crippen molar-refractivity contribution in [3.8, 4) is 11.4 Å². The number of hydrogen-bond donors (Lipinski definition) is 1. The van der Waals surface area contributed by atoms with E-state index in [1.807, 2.05) is 6.07 Å². The van der Waals surface area contributed by atoms with Gasteiger partial charge in [-0.15, -0.1) is 18.5 Å². The van der Waals surface area contributed by atoms with E-state index in [4.69, 9.17) is 5.73 Å². The van der Waals surface area contributed by atoms with E-state index in [1.54, 1.807) is 24.4 Å². The second-order valence-electron chi connectivity index (χ2n) is 3.79. The summed E-state index contributed by atoms with van der Waals surface area (Å²) in [5, 5.41) is 0.179. The molecule has 4 nitrogen and oxygen atoms in total. The van der Waals surface area contributed by atoms with Crippen molar-refractivity contribution < 1.29 is 4.79 Å². The van der Waals surface area contributed by atoms with Crippen LogP contribution in [0.15, 0.2) is 30.5 Å². The van der Waals surface area contributed by atoms with Crippen molar-refractivity contribution in [1.29, 1.82) is 0 Å². The Bertz CT molecular complexity index is 587. The van der Waals surface area contributed by atoms with Gasteiger partial charge in [0, 0.05) is 28.4 Å². The lowest BCUT2D eigenvalue weighted by Crippen LogP contribution is -1.97. The van der Waals surface area contributed by atoms with Crippen LogP contribution in [0.25, 0.3) is 11.4 Å². The van der Waals surface area contributed by atoms with Gasteiger partial charge in [0.25, 0.3) is 0 Å². The van der Waals surface area contributed by atoms with Crippen LogP contribution in [0.1, 0.15) is 21.5 Å². The Hall–Kier alpha value is -1.37. The van der Waals surface area contributed by atoms with E-state index in [-0.39, 0.29) is 5.40 Å². The van der Waals surface area contributed by atoms with Crippen LogP contribution in [-0.2, 0) is 0 Å². The minimum atomic E-state index is 0.179. The fourth-order valence-corrected chi connectivity index (χ4v) is 1.89. The first kappa shape index (κ1) is 13.1. The summed E-state index contributed by atoms with van der Waals surface area (Å²) < 4.78 is 0. The number of aromatic nitrogens is 2. The van der Waals surface area contributed by atoms with E-state index in [0.717, 1.165) is 17.5 Å². The molecule has 1 aromatic carbocycles. The molecule has 2 aromatic rings. The molecule has 0 bridgehead atoms. The zero-order valence-corrected chi connectivity index (χ0v) is 11.9. The predicted octanol–water partition coefficient (Wildman–Crippen LogP) is 2.29. The first-order chi connectivity index (χ1) is 8.61. The van der Waals surface area contributed by atoms with Gasteiger partial charge in [-0.1, -0.05) is 6.07 Å². The maximum absolute atomic E-state index is 10.7. The number of nitrogens with zero attached hydrogens (tertiary/aromatic N) is 2. The molecular weight excluding hydrogens is 264 g/mol. The molecule has 2 N–H and O–H groups in total. The third kappa shape index (κ3) is 2.72. The quantitative estimate of drug-likeness (QED) is 0.531. The number of nitrogens with two attached hydrogens (primary N) is 1. The first-order valence-electron chi connectivity index (χ1n) is 5.31. The summed E-state index contributed by atoms with van der Waals surface area (Å²) in [4.78, 5) is 19.4. The van der Waals surface area contributed by atoms with Crippen LogP contribution >= 0.6 is 18.5 Å². The average Bonchev–Trinajstić information content (AvgIpc) is 2.38. The fraction of sp³-hybridized carbons (Fsp3) is 0.0833. The number of anilines is 1. The van der Waals surface area contributed by atoms with E-state index in [9.17, 15) is 4.79 Å². The van der Waals surface area contributed by atoms with E-state index >= 15 is 0 Å². The zero-order chi connectivity index (χ0) is 13.1. The number of nitrogen functional groups attached to an aromatic ring is 1. The number of hydrogen-bond acceptors (Lipinski definition) is 4. The van der Waals surface area contributed by atoms with Gasteiger partial charge in [-0.05, 0) is 18.2 Å². The van der Waals surface area contributed by atoms with Gasteiger partial charge in [0.1, 0.15) is 0 Å². The molecule has 0 aliphatic rings. The number of benzene rings is 1. The lowest BCUT2D eigenvalue weighted by molar-refractivity contribution is 0.112. The van der Waals surface area contributed by atoms with Crippen molar-refractivity contribution in [2.75, 3.05) is 5.73 Å². The summed E-state index contributed by atoms with van der Waals surface area (Å²) in [6.07, 6.45) is 2.44. The van der Waals surface area contributed by atoms with E-state index in [1.165, 1.54) is 0 Å². The minimum absolute atomic E-state index is 0.179. The van der Waals surface area contributed by atoms with Crippen LogP contribution in [0.3, 0.4) is 0 Å². The summed E-state index contributed by atoms with van der Waals surface area (Å²) >= 11 is 0. The van der Waals surface area contributed by atoms with Crippen molar-refractivity contribution in [2.45, 2.75) is 5.40 Å². The Labute approximate surface area is 110 Å². The Morgan fingerprint density at radius 1 is 1.28 bits per heavy atom. The second-order valence-corrected chi connectivity index (χ2v) is 6.00. The van der Waals surface area contributed by atoms with E-state index in [0.29, 0.717) is 17.1 Å². The molecule has 2 rings (SSSR count). The Morgan fingerprint density at radius 2 is 2.06 bits per heavy atom. The molecule has 1 aromatic heterocycles. The van der Waals surface area contributed by atoms with Gasteiger partial charge in [0.15, 0.2) is 12.1 Å². The largest absolute Gasteiger partial charge is 0.398 e. The highest BCUT2D eigenvalue weighted by molar-refractivity contribution is 7.37. The normalized spacial score (nSPS) is 10.6. The van der Waals surface area contributed by atoms with E-state index in [2.05, 4.69) is 28.4 Å². The smallest absolute Gasteiger partial charge is 0.159 e. The molecule has 92 valence electrons. The molecule has 1 heterocycles. The van der Waals surface area contributed by atoms with Gasteiger partial charge >= 0.3 is 0 Å². The van der Waals surface area contributed by atoms with Gasteiger partial charge in [-0.25, -0.2) is 9.97 Å². The highest BCUT2D eigenvalue weighted by Crippen LogP contribution is 2.29. The molecule has 0 spiro atoms. The molecule has 0 saturated heterocycles. The number of rotatable bonds is 3. The molecule has 6 heteroatoms. The van der Waals surface area contributed by atoms with Crippen molar-refractivity contribution in [1.82, 2.24) is 9.97 Å². The van der Waals surface area contributed by atoms with Crippen molar-refractivity contribution in [3.63, 3.8) is 0 Å². The maximum atomic E-state index is 10.7. The molecule has 0 saturated carbocycles. The molecule has 18 heavy (non-hydrogen) atoms. The monoisotopic (exact) mass is 277 g/mol. The first-order valence-corrected chi connectivity index (χ1v) is 6.64. The van der Waals surface area contributed by atoms with Crippen LogP contribution in [0.5, 0.6) is 0 Å². The topological polar surface area (TPSA) is 68.9 Å². The molecule has 0 amide bonds. The van der Waals surface area contributed by atoms with Gasteiger partial charge in [0.05, 0.1) is 5.69 Å². The zero-order valence-electron chi connectivity index (χ0n) is 9.58. The van der Waals surface area contributed by atoms with Gasteiger partial charge < -0.3 is 5.73 Å². The highest BCUT2D eigenvalue weighted by atomic mass is 31.1. The highest BCUT2D eigenvalue weighted by Gasteiger charge is 2.07. The Balaban J connectivity index is 2.45. The van der Waals surface area contributed by atoms with Crippen LogP contribution in [0, 0.1) is 0 Å². The van der Waals surface area contributed by atoms with Gasteiger partial charge in [-0.2, -0.15) is 0 Å². The van der Waals surface area contributed by atoms with Gasteiger partial charge in [0.2, 0.25) is 0 Å². The van der Waals surface area contributed by atoms with Gasteiger partial charge in [-0.3, -0.25) is 4.79 Å². The van der Waals surface area contributed by atoms with Crippen LogP contribution in [-0.4, -0.2) is 16.3 Å². The number of aldehydes is 1. The second kappa shape index (κ2) is 5.51. The lowest BCUT2D eigenvalue weighted by Gasteiger charge is -2.07. The summed E-state index contributed by atoms with van der Waals surface area (Å²) in [7, 11) is 5.32. The molecule has 2 atom stereocenters. The summed E-state index contributed by atoms with van der Waals surface area (Å²) in [6.45, 7) is 0. The third-order valence-electron chi connectivity index (χ3n) is 2.49. The lowest BCUT2D eigenvalue weighted by atomic mass is 10.1. The Morgan fingerprint density at radius 3 is 2.67 bits per heavy atom.